The maximum absolute atomic E-state index is 12.9. The highest BCUT2D eigenvalue weighted by Crippen LogP contribution is 2.33. The van der Waals surface area contributed by atoms with Crippen molar-refractivity contribution in [2.24, 2.45) is 5.92 Å². The van der Waals surface area contributed by atoms with Gasteiger partial charge in [0.05, 0.1) is 5.56 Å². The molecule has 5 heteroatoms. The highest BCUT2D eigenvalue weighted by molar-refractivity contribution is 5.31. The van der Waals surface area contributed by atoms with E-state index in [0.717, 1.165) is 43.1 Å². The summed E-state index contributed by atoms with van der Waals surface area (Å²) in [4.78, 5) is 2.28. The largest absolute Gasteiger partial charge is 0.486 e. The molecule has 140 valence electrons. The van der Waals surface area contributed by atoms with Gasteiger partial charge in [0.1, 0.15) is 11.9 Å². The fraction of sp³-hybridized carbons (Fsp3) is 0.429. The summed E-state index contributed by atoms with van der Waals surface area (Å²) < 4.78 is 44.8. The molecule has 3 rings (SSSR count). The molecule has 0 aromatic heterocycles. The molecule has 0 N–H and O–H groups in total. The molecule has 0 radical (unpaired) electrons. The van der Waals surface area contributed by atoms with Gasteiger partial charge < -0.3 is 9.64 Å². The lowest BCUT2D eigenvalue weighted by Crippen LogP contribution is -2.25. The Bertz CT molecular complexity index is 698. The smallest absolute Gasteiger partial charge is 0.416 e. The molecule has 1 saturated carbocycles. The maximum Gasteiger partial charge on any atom is 0.416 e. The van der Waals surface area contributed by atoms with E-state index in [1.165, 1.54) is 18.9 Å². The summed E-state index contributed by atoms with van der Waals surface area (Å²) in [5.41, 5.74) is 0.289. The Labute approximate surface area is 152 Å². The molecule has 1 atom stereocenters. The standard InChI is InChI=1S/C21H24F3NO/c1-25(15-16-10-11-16)13-12-20(17-6-3-2-4-7-17)26-19-9-5-8-18(14-19)21(22,23)24/h2-9,14,16,20H,10-13,15H2,1H3. The number of hydrogen-bond donors (Lipinski definition) is 0. The zero-order valence-electron chi connectivity index (χ0n) is 14.9. The van der Waals surface area contributed by atoms with Gasteiger partial charge >= 0.3 is 6.18 Å². The third-order valence-corrected chi connectivity index (χ3v) is 4.65. The van der Waals surface area contributed by atoms with Crippen molar-refractivity contribution in [3.63, 3.8) is 0 Å². The molecule has 0 aliphatic heterocycles. The number of alkyl halides is 3. The summed E-state index contributed by atoms with van der Waals surface area (Å²) in [7, 11) is 2.09. The van der Waals surface area contributed by atoms with Crippen LogP contribution in [0.3, 0.4) is 0 Å². The molecule has 0 heterocycles. The molecule has 2 aromatic rings. The predicted octanol–water partition coefficient (Wildman–Crippen LogP) is 5.56. The highest BCUT2D eigenvalue weighted by Gasteiger charge is 2.31. The van der Waals surface area contributed by atoms with E-state index in [1.807, 2.05) is 30.3 Å². The molecule has 2 nitrogen and oxygen atoms in total. The zero-order valence-corrected chi connectivity index (χ0v) is 14.9. The summed E-state index contributed by atoms with van der Waals surface area (Å²) >= 11 is 0. The average Bonchev–Trinajstić information content (AvgIpc) is 3.43. The maximum atomic E-state index is 12.9. The second-order valence-corrected chi connectivity index (χ2v) is 7.04. The zero-order chi connectivity index (χ0) is 18.6. The van der Waals surface area contributed by atoms with Crippen LogP contribution >= 0.6 is 0 Å². The number of benzene rings is 2. The van der Waals surface area contributed by atoms with Crippen LogP contribution in [0.2, 0.25) is 0 Å². The molecule has 1 aliphatic rings. The Morgan fingerprint density at radius 3 is 2.46 bits per heavy atom. The van der Waals surface area contributed by atoms with Crippen molar-refractivity contribution in [2.75, 3.05) is 20.1 Å². The molecule has 0 spiro atoms. The average molecular weight is 363 g/mol. The molecule has 0 amide bonds. The van der Waals surface area contributed by atoms with Crippen LogP contribution in [-0.2, 0) is 6.18 Å². The molecule has 0 saturated heterocycles. The number of ether oxygens (including phenoxy) is 1. The van der Waals surface area contributed by atoms with Crippen LogP contribution in [0.1, 0.15) is 36.5 Å². The van der Waals surface area contributed by atoms with Gasteiger partial charge in [-0.15, -0.1) is 0 Å². The SMILES string of the molecule is CN(CCC(Oc1cccc(C(F)(F)F)c1)c1ccccc1)CC1CC1. The molecule has 1 aliphatic carbocycles. The van der Waals surface area contributed by atoms with E-state index in [2.05, 4.69) is 11.9 Å². The molecule has 1 fully saturated rings. The quantitative estimate of drug-likeness (QED) is 0.609. The first-order valence-corrected chi connectivity index (χ1v) is 8.99. The summed E-state index contributed by atoms with van der Waals surface area (Å²) in [6.45, 7) is 1.92. The summed E-state index contributed by atoms with van der Waals surface area (Å²) in [5.74, 6) is 1.05. The summed E-state index contributed by atoms with van der Waals surface area (Å²) in [6, 6.07) is 14.8. The van der Waals surface area contributed by atoms with Crippen molar-refractivity contribution < 1.29 is 17.9 Å². The van der Waals surface area contributed by atoms with Gasteiger partial charge in [0.25, 0.3) is 0 Å². The Morgan fingerprint density at radius 2 is 1.81 bits per heavy atom. The minimum atomic E-state index is -4.37. The number of nitrogens with zero attached hydrogens (tertiary/aromatic N) is 1. The van der Waals surface area contributed by atoms with Crippen LogP contribution in [0.5, 0.6) is 5.75 Å². The van der Waals surface area contributed by atoms with Gasteiger partial charge in [-0.1, -0.05) is 36.4 Å². The van der Waals surface area contributed by atoms with E-state index >= 15 is 0 Å². The topological polar surface area (TPSA) is 12.5 Å². The van der Waals surface area contributed by atoms with Crippen molar-refractivity contribution in [1.29, 1.82) is 0 Å². The molecule has 0 bridgehead atoms. The second-order valence-electron chi connectivity index (χ2n) is 7.04. The van der Waals surface area contributed by atoms with Crippen molar-refractivity contribution >= 4 is 0 Å². The van der Waals surface area contributed by atoms with Crippen LogP contribution < -0.4 is 4.74 Å². The first-order chi connectivity index (χ1) is 12.4. The molecule has 2 aromatic carbocycles. The second kappa shape index (κ2) is 8.12. The lowest BCUT2D eigenvalue weighted by atomic mass is 10.1. The van der Waals surface area contributed by atoms with E-state index < -0.39 is 11.7 Å². The number of rotatable bonds is 8. The Hall–Kier alpha value is -2.01. The van der Waals surface area contributed by atoms with E-state index in [4.69, 9.17) is 4.74 Å². The first-order valence-electron chi connectivity index (χ1n) is 8.99. The van der Waals surface area contributed by atoms with Crippen LogP contribution in [0.15, 0.2) is 54.6 Å². The fourth-order valence-corrected chi connectivity index (χ4v) is 3.04. The van der Waals surface area contributed by atoms with Gasteiger partial charge in [-0.2, -0.15) is 13.2 Å². The molecular formula is C21H24F3NO. The number of hydrogen-bond acceptors (Lipinski definition) is 2. The predicted molar refractivity (Wildman–Crippen MR) is 96.1 cm³/mol. The van der Waals surface area contributed by atoms with Gasteiger partial charge in [0, 0.05) is 19.5 Å². The summed E-state index contributed by atoms with van der Waals surface area (Å²) in [6.07, 6.45) is -1.32. The van der Waals surface area contributed by atoms with Crippen LogP contribution in [-0.4, -0.2) is 25.0 Å². The minimum Gasteiger partial charge on any atom is -0.486 e. The van der Waals surface area contributed by atoms with Gasteiger partial charge in [0.15, 0.2) is 0 Å². The van der Waals surface area contributed by atoms with Crippen molar-refractivity contribution in [2.45, 2.75) is 31.5 Å². The van der Waals surface area contributed by atoms with Crippen LogP contribution in [0.25, 0.3) is 0 Å². The van der Waals surface area contributed by atoms with Gasteiger partial charge in [-0.05, 0) is 49.6 Å². The molecular weight excluding hydrogens is 339 g/mol. The van der Waals surface area contributed by atoms with Gasteiger partial charge in [-0.3, -0.25) is 0 Å². The van der Waals surface area contributed by atoms with E-state index in [-0.39, 0.29) is 11.9 Å². The van der Waals surface area contributed by atoms with Crippen molar-refractivity contribution in [3.05, 3.63) is 65.7 Å². The summed E-state index contributed by atoms with van der Waals surface area (Å²) in [5, 5.41) is 0. The molecule has 1 unspecified atom stereocenters. The van der Waals surface area contributed by atoms with E-state index in [1.54, 1.807) is 6.07 Å². The van der Waals surface area contributed by atoms with E-state index in [0.29, 0.717) is 0 Å². The Morgan fingerprint density at radius 1 is 1.08 bits per heavy atom. The molecule has 26 heavy (non-hydrogen) atoms. The van der Waals surface area contributed by atoms with Crippen LogP contribution in [0.4, 0.5) is 13.2 Å². The Kier molecular flexibility index (Phi) is 5.87. The van der Waals surface area contributed by atoms with Gasteiger partial charge in [-0.25, -0.2) is 0 Å². The fourth-order valence-electron chi connectivity index (χ4n) is 3.04. The van der Waals surface area contributed by atoms with Crippen molar-refractivity contribution in [3.8, 4) is 5.75 Å². The van der Waals surface area contributed by atoms with Crippen LogP contribution in [0, 0.1) is 5.92 Å². The number of halogens is 3. The normalized spacial score (nSPS) is 15.9. The highest BCUT2D eigenvalue weighted by atomic mass is 19.4. The third-order valence-electron chi connectivity index (χ3n) is 4.65. The third kappa shape index (κ3) is 5.49. The first kappa shape index (κ1) is 18.8. The monoisotopic (exact) mass is 363 g/mol. The lowest BCUT2D eigenvalue weighted by Gasteiger charge is -2.23. The van der Waals surface area contributed by atoms with Crippen molar-refractivity contribution in [1.82, 2.24) is 4.90 Å². The lowest BCUT2D eigenvalue weighted by molar-refractivity contribution is -0.137. The Balaban J connectivity index is 1.71. The van der Waals surface area contributed by atoms with E-state index in [9.17, 15) is 13.2 Å². The minimum absolute atomic E-state index is 0.249. The van der Waals surface area contributed by atoms with Gasteiger partial charge in [0.2, 0.25) is 0 Å².